The molecule has 18 heavy (non-hydrogen) atoms. The summed E-state index contributed by atoms with van der Waals surface area (Å²) in [6.45, 7) is 13.3. The van der Waals surface area contributed by atoms with Gasteiger partial charge in [0.15, 0.2) is 11.5 Å². The number of fused-ring (bicyclic) bond motifs is 1. The van der Waals surface area contributed by atoms with Crippen LogP contribution in [0.2, 0.25) is 0 Å². The average molecular weight is 246 g/mol. The van der Waals surface area contributed by atoms with Crippen LogP contribution >= 0.6 is 0 Å². The Hall–Kier alpha value is -1.44. The van der Waals surface area contributed by atoms with Gasteiger partial charge in [-0.25, -0.2) is 0 Å². The molecule has 1 heterocycles. The molecule has 2 rings (SSSR count). The zero-order valence-corrected chi connectivity index (χ0v) is 12.2. The van der Waals surface area contributed by atoms with Crippen LogP contribution in [0.1, 0.15) is 43.0 Å². The lowest BCUT2D eigenvalue weighted by molar-refractivity contribution is 0.173. The third-order valence-corrected chi connectivity index (χ3v) is 3.58. The highest BCUT2D eigenvalue weighted by atomic mass is 16.7. The minimum Gasteiger partial charge on any atom is -0.453 e. The first-order chi connectivity index (χ1) is 8.43. The van der Waals surface area contributed by atoms with E-state index in [1.54, 1.807) is 0 Å². The molecular weight excluding hydrogens is 224 g/mol. The molecule has 98 valence electrons. The van der Waals surface area contributed by atoms with Gasteiger partial charge in [-0.1, -0.05) is 19.9 Å². The van der Waals surface area contributed by atoms with Crippen LogP contribution in [0.3, 0.4) is 0 Å². The third-order valence-electron chi connectivity index (χ3n) is 3.58. The van der Waals surface area contributed by atoms with E-state index in [2.05, 4.69) is 47.6 Å². The van der Waals surface area contributed by atoms with E-state index in [0.29, 0.717) is 12.7 Å². The van der Waals surface area contributed by atoms with Crippen LogP contribution in [0.25, 0.3) is 5.57 Å². The smallest absolute Gasteiger partial charge is 0.231 e. The number of hydrogen-bond acceptors (Lipinski definition) is 2. The van der Waals surface area contributed by atoms with E-state index in [1.807, 2.05) is 0 Å². The van der Waals surface area contributed by atoms with Crippen LogP contribution in [-0.2, 0) is 0 Å². The lowest BCUT2D eigenvalue weighted by Gasteiger charge is -2.16. The average Bonchev–Trinajstić information content (AvgIpc) is 2.74. The Labute approximate surface area is 110 Å². The van der Waals surface area contributed by atoms with Gasteiger partial charge in [-0.05, 0) is 55.9 Å². The summed E-state index contributed by atoms with van der Waals surface area (Å²) in [7, 11) is 0. The Balaban J connectivity index is 2.66. The van der Waals surface area contributed by atoms with Crippen LogP contribution < -0.4 is 9.47 Å². The molecule has 0 amide bonds. The molecule has 1 aromatic carbocycles. The van der Waals surface area contributed by atoms with Crippen molar-refractivity contribution in [1.29, 1.82) is 0 Å². The summed E-state index contributed by atoms with van der Waals surface area (Å²) in [5.41, 5.74) is 6.32. The van der Waals surface area contributed by atoms with E-state index < -0.39 is 0 Å². The van der Waals surface area contributed by atoms with Crippen molar-refractivity contribution in [3.63, 3.8) is 0 Å². The maximum Gasteiger partial charge on any atom is 0.231 e. The van der Waals surface area contributed by atoms with E-state index >= 15 is 0 Å². The Morgan fingerprint density at radius 1 is 1.00 bits per heavy atom. The number of rotatable bonds is 2. The quantitative estimate of drug-likeness (QED) is 0.770. The molecule has 0 saturated heterocycles. The summed E-state index contributed by atoms with van der Waals surface area (Å²) in [6, 6.07) is 0. The number of ether oxygens (including phenoxy) is 2. The van der Waals surface area contributed by atoms with Crippen molar-refractivity contribution in [1.82, 2.24) is 0 Å². The second-order valence-electron chi connectivity index (χ2n) is 5.41. The molecule has 0 bridgehead atoms. The maximum absolute atomic E-state index is 5.61. The van der Waals surface area contributed by atoms with Crippen molar-refractivity contribution < 1.29 is 9.47 Å². The fourth-order valence-electron chi connectivity index (χ4n) is 2.76. The minimum absolute atomic E-state index is 0.340. The Morgan fingerprint density at radius 3 is 2.11 bits per heavy atom. The molecule has 0 saturated carbocycles. The summed E-state index contributed by atoms with van der Waals surface area (Å²) in [5, 5.41) is 0. The predicted octanol–water partition coefficient (Wildman–Crippen LogP) is 4.40. The van der Waals surface area contributed by atoms with E-state index in [9.17, 15) is 0 Å². The van der Waals surface area contributed by atoms with Crippen molar-refractivity contribution in [3.8, 4) is 11.5 Å². The molecule has 0 aliphatic carbocycles. The second kappa shape index (κ2) is 4.68. The number of hydrogen-bond donors (Lipinski definition) is 0. The standard InChI is InChI=1S/C16H22O2/c1-9(2)7-10(3)14-11(4)12(5)15-16(13(14)6)18-8-17-15/h7,9H,8H2,1-6H3/b10-7+. The normalized spacial score (nSPS) is 14.5. The number of allylic oxidation sites excluding steroid dienone is 2. The van der Waals surface area contributed by atoms with Crippen molar-refractivity contribution in [3.05, 3.63) is 28.3 Å². The van der Waals surface area contributed by atoms with Crippen LogP contribution in [0.15, 0.2) is 6.08 Å². The van der Waals surface area contributed by atoms with Crippen molar-refractivity contribution in [2.24, 2.45) is 5.92 Å². The van der Waals surface area contributed by atoms with Crippen molar-refractivity contribution in [2.75, 3.05) is 6.79 Å². The van der Waals surface area contributed by atoms with Gasteiger partial charge >= 0.3 is 0 Å². The molecule has 0 atom stereocenters. The lowest BCUT2D eigenvalue weighted by Crippen LogP contribution is -1.97. The zero-order valence-electron chi connectivity index (χ0n) is 12.2. The van der Waals surface area contributed by atoms with Crippen LogP contribution in [0.5, 0.6) is 11.5 Å². The van der Waals surface area contributed by atoms with Gasteiger partial charge in [-0.15, -0.1) is 0 Å². The summed E-state index contributed by atoms with van der Waals surface area (Å²) < 4.78 is 11.2. The SMILES string of the molecule is C/C(=C\C(C)C)c1c(C)c(C)c2c(c1C)OCO2. The molecule has 1 aliphatic heterocycles. The van der Waals surface area contributed by atoms with Crippen LogP contribution in [0, 0.1) is 26.7 Å². The van der Waals surface area contributed by atoms with E-state index in [0.717, 1.165) is 11.5 Å². The fourth-order valence-corrected chi connectivity index (χ4v) is 2.76. The zero-order chi connectivity index (χ0) is 13.4. The monoisotopic (exact) mass is 246 g/mol. The molecule has 1 aliphatic rings. The van der Waals surface area contributed by atoms with Gasteiger partial charge in [0.05, 0.1) is 0 Å². The van der Waals surface area contributed by atoms with Gasteiger partial charge in [0.2, 0.25) is 6.79 Å². The van der Waals surface area contributed by atoms with Gasteiger partial charge in [-0.2, -0.15) is 0 Å². The Kier molecular flexibility index (Phi) is 3.38. The van der Waals surface area contributed by atoms with Gasteiger partial charge in [0, 0.05) is 5.56 Å². The highest BCUT2D eigenvalue weighted by molar-refractivity contribution is 5.75. The highest BCUT2D eigenvalue weighted by Gasteiger charge is 2.24. The van der Waals surface area contributed by atoms with E-state index in [1.165, 1.54) is 27.8 Å². The summed E-state index contributed by atoms with van der Waals surface area (Å²) in [6.07, 6.45) is 2.30. The first-order valence-corrected chi connectivity index (χ1v) is 6.51. The largest absolute Gasteiger partial charge is 0.453 e. The summed E-state index contributed by atoms with van der Waals surface area (Å²) in [4.78, 5) is 0. The third kappa shape index (κ3) is 2.00. The minimum atomic E-state index is 0.340. The van der Waals surface area contributed by atoms with Gasteiger partial charge in [0.25, 0.3) is 0 Å². The second-order valence-corrected chi connectivity index (χ2v) is 5.41. The molecule has 0 unspecified atom stereocenters. The molecule has 0 radical (unpaired) electrons. The van der Waals surface area contributed by atoms with E-state index in [4.69, 9.17) is 9.47 Å². The first kappa shape index (κ1) is 13.0. The predicted molar refractivity (Wildman–Crippen MR) is 75.3 cm³/mol. The maximum atomic E-state index is 5.61. The summed E-state index contributed by atoms with van der Waals surface area (Å²) in [5.74, 6) is 2.39. The first-order valence-electron chi connectivity index (χ1n) is 6.51. The van der Waals surface area contributed by atoms with Gasteiger partial charge < -0.3 is 9.47 Å². The molecule has 0 N–H and O–H groups in total. The topological polar surface area (TPSA) is 18.5 Å². The fraction of sp³-hybridized carbons (Fsp3) is 0.500. The van der Waals surface area contributed by atoms with Crippen molar-refractivity contribution >= 4 is 5.57 Å². The molecule has 0 spiro atoms. The van der Waals surface area contributed by atoms with Gasteiger partial charge in [-0.3, -0.25) is 0 Å². The summed E-state index contributed by atoms with van der Waals surface area (Å²) >= 11 is 0. The van der Waals surface area contributed by atoms with Crippen molar-refractivity contribution in [2.45, 2.75) is 41.5 Å². The van der Waals surface area contributed by atoms with Crippen LogP contribution in [-0.4, -0.2) is 6.79 Å². The number of benzene rings is 1. The Bertz CT molecular complexity index is 511. The molecule has 2 nitrogen and oxygen atoms in total. The Morgan fingerprint density at radius 2 is 1.56 bits per heavy atom. The molecule has 0 fully saturated rings. The van der Waals surface area contributed by atoms with E-state index in [-0.39, 0.29) is 0 Å². The molecular formula is C16H22O2. The molecule has 0 aromatic heterocycles. The van der Waals surface area contributed by atoms with Crippen LogP contribution in [0.4, 0.5) is 0 Å². The molecule has 1 aromatic rings. The highest BCUT2D eigenvalue weighted by Crippen LogP contribution is 2.44. The lowest BCUT2D eigenvalue weighted by atomic mass is 9.90. The van der Waals surface area contributed by atoms with Gasteiger partial charge in [0.1, 0.15) is 0 Å². The molecule has 2 heteroatoms.